The molecule has 1 amide bonds. The number of halogens is 1. The SMILES string of the molecule is CCNC(=NCCc1ccc(OC2CCCC2)cc1)NC1CCN(C(=O)C(C)C)C1.I. The number of nitrogens with one attached hydrogen (secondary N) is 2. The molecule has 174 valence electrons. The molecule has 2 fully saturated rings. The van der Waals surface area contributed by atoms with Crippen molar-refractivity contribution in [3.8, 4) is 5.75 Å². The summed E-state index contributed by atoms with van der Waals surface area (Å²) >= 11 is 0. The molecule has 1 aromatic carbocycles. The maximum atomic E-state index is 12.2. The molecule has 31 heavy (non-hydrogen) atoms. The van der Waals surface area contributed by atoms with Crippen LogP contribution in [0.3, 0.4) is 0 Å². The van der Waals surface area contributed by atoms with Gasteiger partial charge in [0.25, 0.3) is 0 Å². The molecule has 0 spiro atoms. The molecule has 7 heteroatoms. The second-order valence-electron chi connectivity index (χ2n) is 8.75. The Balaban J connectivity index is 0.00000341. The molecule has 0 bridgehead atoms. The van der Waals surface area contributed by atoms with Crippen molar-refractivity contribution in [1.29, 1.82) is 0 Å². The van der Waals surface area contributed by atoms with Crippen LogP contribution in [0.25, 0.3) is 0 Å². The van der Waals surface area contributed by atoms with Crippen molar-refractivity contribution in [1.82, 2.24) is 15.5 Å². The number of nitrogens with zero attached hydrogens (tertiary/aromatic N) is 2. The van der Waals surface area contributed by atoms with Crippen molar-refractivity contribution in [2.75, 3.05) is 26.2 Å². The lowest BCUT2D eigenvalue weighted by molar-refractivity contribution is -0.133. The van der Waals surface area contributed by atoms with E-state index in [4.69, 9.17) is 9.73 Å². The van der Waals surface area contributed by atoms with Crippen LogP contribution in [0.5, 0.6) is 5.75 Å². The summed E-state index contributed by atoms with van der Waals surface area (Å²) in [5.41, 5.74) is 1.27. The first-order chi connectivity index (χ1) is 14.5. The number of benzene rings is 1. The minimum absolute atomic E-state index is 0. The van der Waals surface area contributed by atoms with Gasteiger partial charge in [0, 0.05) is 38.1 Å². The fourth-order valence-corrected chi connectivity index (χ4v) is 4.19. The Hall–Kier alpha value is -1.51. The molecule has 1 unspecified atom stereocenters. The summed E-state index contributed by atoms with van der Waals surface area (Å²) in [5, 5.41) is 6.83. The van der Waals surface area contributed by atoms with Gasteiger partial charge >= 0.3 is 0 Å². The predicted octanol–water partition coefficient (Wildman–Crippen LogP) is 3.98. The maximum absolute atomic E-state index is 12.2. The first-order valence-electron chi connectivity index (χ1n) is 11.6. The minimum Gasteiger partial charge on any atom is -0.490 e. The standard InChI is InChI=1S/C24H38N4O2.HI/c1-4-25-24(27-20-14-16-28(17-20)23(29)18(2)3)26-15-13-19-9-11-22(12-10-19)30-21-7-5-6-8-21;/h9-12,18,20-21H,4-8,13-17H2,1-3H3,(H2,25,26,27);1H. The Morgan fingerprint density at radius 2 is 1.90 bits per heavy atom. The molecule has 1 saturated carbocycles. The molecule has 3 rings (SSSR count). The van der Waals surface area contributed by atoms with Crippen LogP contribution in [0, 0.1) is 5.92 Å². The Labute approximate surface area is 204 Å². The number of likely N-dealkylation sites (tertiary alicyclic amines) is 1. The van der Waals surface area contributed by atoms with Gasteiger partial charge in [0.1, 0.15) is 5.75 Å². The lowest BCUT2D eigenvalue weighted by atomic mass is 10.1. The topological polar surface area (TPSA) is 66.0 Å². The summed E-state index contributed by atoms with van der Waals surface area (Å²) in [4.78, 5) is 18.9. The zero-order valence-corrected chi connectivity index (χ0v) is 21.6. The van der Waals surface area contributed by atoms with Crippen LogP contribution in [0.1, 0.15) is 58.4 Å². The van der Waals surface area contributed by atoms with Gasteiger partial charge in [0.05, 0.1) is 6.10 Å². The highest BCUT2D eigenvalue weighted by Gasteiger charge is 2.27. The number of amides is 1. The van der Waals surface area contributed by atoms with Gasteiger partial charge in [0.2, 0.25) is 5.91 Å². The zero-order chi connectivity index (χ0) is 21.3. The Kier molecular flexibility index (Phi) is 10.9. The summed E-state index contributed by atoms with van der Waals surface area (Å²) in [6, 6.07) is 8.72. The highest BCUT2D eigenvalue weighted by Crippen LogP contribution is 2.24. The summed E-state index contributed by atoms with van der Waals surface area (Å²) in [7, 11) is 0. The fourth-order valence-electron chi connectivity index (χ4n) is 4.19. The molecule has 0 aromatic heterocycles. The number of rotatable bonds is 8. The number of aliphatic imine (C=N–C) groups is 1. The smallest absolute Gasteiger partial charge is 0.225 e. The summed E-state index contributed by atoms with van der Waals surface area (Å²) in [5.74, 6) is 2.11. The van der Waals surface area contributed by atoms with Crippen molar-refractivity contribution in [2.45, 2.75) is 71.4 Å². The third-order valence-electron chi connectivity index (χ3n) is 5.88. The lowest BCUT2D eigenvalue weighted by Gasteiger charge is -2.20. The number of hydrogen-bond acceptors (Lipinski definition) is 3. The van der Waals surface area contributed by atoms with Crippen LogP contribution >= 0.6 is 24.0 Å². The van der Waals surface area contributed by atoms with E-state index in [9.17, 15) is 4.79 Å². The van der Waals surface area contributed by atoms with Gasteiger partial charge in [0.15, 0.2) is 5.96 Å². The molecular weight excluding hydrogens is 503 g/mol. The lowest BCUT2D eigenvalue weighted by Crippen LogP contribution is -2.45. The number of hydrogen-bond donors (Lipinski definition) is 2. The Morgan fingerprint density at radius 3 is 2.55 bits per heavy atom. The molecule has 1 atom stereocenters. The first kappa shape index (κ1) is 25.7. The molecular formula is C24H39IN4O2. The van der Waals surface area contributed by atoms with Crippen molar-refractivity contribution in [3.05, 3.63) is 29.8 Å². The van der Waals surface area contributed by atoms with E-state index >= 15 is 0 Å². The molecule has 2 N–H and O–H groups in total. The minimum atomic E-state index is 0. The number of ether oxygens (including phenoxy) is 1. The van der Waals surface area contributed by atoms with E-state index in [1.165, 1.54) is 31.2 Å². The molecule has 2 aliphatic rings. The van der Waals surface area contributed by atoms with Gasteiger partial charge < -0.3 is 20.3 Å². The quantitative estimate of drug-likeness (QED) is 0.297. The van der Waals surface area contributed by atoms with Crippen LogP contribution in [-0.4, -0.2) is 55.1 Å². The fraction of sp³-hybridized carbons (Fsp3) is 0.667. The average molecular weight is 543 g/mol. The summed E-state index contributed by atoms with van der Waals surface area (Å²) < 4.78 is 6.04. The summed E-state index contributed by atoms with van der Waals surface area (Å²) in [6.45, 7) is 9.11. The van der Waals surface area contributed by atoms with Crippen molar-refractivity contribution in [3.63, 3.8) is 0 Å². The Morgan fingerprint density at radius 1 is 1.19 bits per heavy atom. The van der Waals surface area contributed by atoms with Gasteiger partial charge in [-0.05, 0) is 63.1 Å². The van der Waals surface area contributed by atoms with Gasteiger partial charge in [-0.1, -0.05) is 26.0 Å². The number of carbonyl (C=O) groups is 1. The van der Waals surface area contributed by atoms with Gasteiger partial charge in [-0.15, -0.1) is 24.0 Å². The molecule has 1 heterocycles. The molecule has 1 aromatic rings. The highest BCUT2D eigenvalue weighted by molar-refractivity contribution is 14.0. The molecule has 1 aliphatic heterocycles. The van der Waals surface area contributed by atoms with E-state index in [-0.39, 0.29) is 41.8 Å². The largest absolute Gasteiger partial charge is 0.490 e. The number of guanidine groups is 1. The van der Waals surface area contributed by atoms with Gasteiger partial charge in [-0.3, -0.25) is 9.79 Å². The van der Waals surface area contributed by atoms with E-state index in [0.717, 1.165) is 50.7 Å². The van der Waals surface area contributed by atoms with Crippen LogP contribution < -0.4 is 15.4 Å². The van der Waals surface area contributed by atoms with E-state index < -0.39 is 0 Å². The molecule has 1 aliphatic carbocycles. The van der Waals surface area contributed by atoms with Crippen molar-refractivity contribution >= 4 is 35.8 Å². The molecule has 0 radical (unpaired) electrons. The van der Waals surface area contributed by atoms with Gasteiger partial charge in [-0.2, -0.15) is 0 Å². The van der Waals surface area contributed by atoms with Crippen LogP contribution in [0.4, 0.5) is 0 Å². The Bertz CT molecular complexity index is 702. The van der Waals surface area contributed by atoms with Crippen LogP contribution in [-0.2, 0) is 11.2 Å². The number of carbonyl (C=O) groups excluding carboxylic acids is 1. The van der Waals surface area contributed by atoms with Crippen molar-refractivity contribution < 1.29 is 9.53 Å². The van der Waals surface area contributed by atoms with Crippen molar-refractivity contribution in [2.24, 2.45) is 10.9 Å². The monoisotopic (exact) mass is 542 g/mol. The first-order valence-corrected chi connectivity index (χ1v) is 11.6. The summed E-state index contributed by atoms with van der Waals surface area (Å²) in [6.07, 6.45) is 7.19. The third kappa shape index (κ3) is 8.16. The molecule has 6 nitrogen and oxygen atoms in total. The van der Waals surface area contributed by atoms with E-state index in [1.807, 2.05) is 18.7 Å². The maximum Gasteiger partial charge on any atom is 0.225 e. The molecule has 1 saturated heterocycles. The van der Waals surface area contributed by atoms with Crippen LogP contribution in [0.2, 0.25) is 0 Å². The van der Waals surface area contributed by atoms with E-state index in [1.54, 1.807) is 0 Å². The average Bonchev–Trinajstić information content (AvgIpc) is 3.41. The second-order valence-corrected chi connectivity index (χ2v) is 8.75. The van der Waals surface area contributed by atoms with E-state index in [2.05, 4.69) is 41.8 Å². The highest BCUT2D eigenvalue weighted by atomic mass is 127. The van der Waals surface area contributed by atoms with Gasteiger partial charge in [-0.25, -0.2) is 0 Å². The van der Waals surface area contributed by atoms with Crippen LogP contribution in [0.15, 0.2) is 29.3 Å². The van der Waals surface area contributed by atoms with E-state index in [0.29, 0.717) is 6.10 Å². The third-order valence-corrected chi connectivity index (χ3v) is 5.88. The zero-order valence-electron chi connectivity index (χ0n) is 19.2. The normalized spacial score (nSPS) is 19.4. The predicted molar refractivity (Wildman–Crippen MR) is 137 cm³/mol. The second kappa shape index (κ2) is 13.1.